The van der Waals surface area contributed by atoms with Crippen molar-refractivity contribution in [1.29, 1.82) is 0 Å². The predicted molar refractivity (Wildman–Crippen MR) is 44.4 cm³/mol. The Labute approximate surface area is 81.1 Å². The number of methoxy groups -OCH3 is 1. The summed E-state index contributed by atoms with van der Waals surface area (Å²) < 4.78 is 9.80. The van der Waals surface area contributed by atoms with Crippen molar-refractivity contribution in [3.05, 3.63) is 0 Å². The molecule has 14 heavy (non-hydrogen) atoms. The first-order valence-corrected chi connectivity index (χ1v) is 4.28. The van der Waals surface area contributed by atoms with Crippen molar-refractivity contribution in [1.82, 2.24) is 0 Å². The SMILES string of the molecule is CO[C@H]1O[C@H](CC=O)[C@@H](O)[C@H](O)[C@@H]1O. The van der Waals surface area contributed by atoms with Crippen molar-refractivity contribution in [3.63, 3.8) is 0 Å². The number of aliphatic hydroxyl groups is 3. The fourth-order valence-electron chi connectivity index (χ4n) is 1.40. The molecule has 0 bridgehead atoms. The van der Waals surface area contributed by atoms with Crippen molar-refractivity contribution in [3.8, 4) is 0 Å². The molecular formula is C8H14O6. The first-order valence-electron chi connectivity index (χ1n) is 4.28. The van der Waals surface area contributed by atoms with Gasteiger partial charge in [-0.2, -0.15) is 0 Å². The quantitative estimate of drug-likeness (QED) is 0.463. The molecular weight excluding hydrogens is 192 g/mol. The van der Waals surface area contributed by atoms with E-state index in [1.165, 1.54) is 7.11 Å². The van der Waals surface area contributed by atoms with Crippen LogP contribution in [0.15, 0.2) is 0 Å². The Morgan fingerprint density at radius 2 is 1.93 bits per heavy atom. The molecule has 1 saturated heterocycles. The summed E-state index contributed by atoms with van der Waals surface area (Å²) in [6.45, 7) is 0. The molecule has 0 saturated carbocycles. The van der Waals surface area contributed by atoms with Gasteiger partial charge in [0, 0.05) is 13.5 Å². The number of carbonyl (C=O) groups is 1. The van der Waals surface area contributed by atoms with Gasteiger partial charge in [-0.05, 0) is 0 Å². The Kier molecular flexibility index (Phi) is 3.97. The maximum absolute atomic E-state index is 10.2. The second-order valence-electron chi connectivity index (χ2n) is 3.15. The number of aliphatic hydroxyl groups excluding tert-OH is 3. The summed E-state index contributed by atoms with van der Waals surface area (Å²) in [5, 5.41) is 28.1. The zero-order chi connectivity index (χ0) is 10.7. The summed E-state index contributed by atoms with van der Waals surface area (Å²) in [5.74, 6) is 0. The van der Waals surface area contributed by atoms with Crippen LogP contribution in [0.5, 0.6) is 0 Å². The molecule has 5 atom stereocenters. The fraction of sp³-hybridized carbons (Fsp3) is 0.875. The standard InChI is InChI=1S/C8H14O6/c1-13-8-7(12)6(11)5(10)4(14-8)2-3-9/h3-8,10-12H,2H2,1H3/t4-,5-,6+,7+,8+/m1/s1. The van der Waals surface area contributed by atoms with Crippen LogP contribution in [0.3, 0.4) is 0 Å². The molecule has 1 heterocycles. The molecule has 0 aromatic heterocycles. The molecule has 6 nitrogen and oxygen atoms in total. The highest BCUT2D eigenvalue weighted by molar-refractivity contribution is 5.50. The minimum atomic E-state index is -1.36. The van der Waals surface area contributed by atoms with E-state index < -0.39 is 30.7 Å². The van der Waals surface area contributed by atoms with Gasteiger partial charge in [-0.25, -0.2) is 0 Å². The smallest absolute Gasteiger partial charge is 0.186 e. The fourth-order valence-corrected chi connectivity index (χ4v) is 1.40. The maximum Gasteiger partial charge on any atom is 0.186 e. The molecule has 82 valence electrons. The molecule has 0 radical (unpaired) electrons. The molecule has 0 spiro atoms. The molecule has 1 aliphatic heterocycles. The Morgan fingerprint density at radius 3 is 2.43 bits per heavy atom. The third-order valence-corrected chi connectivity index (χ3v) is 2.23. The van der Waals surface area contributed by atoms with E-state index in [2.05, 4.69) is 0 Å². The molecule has 1 aliphatic rings. The van der Waals surface area contributed by atoms with Crippen molar-refractivity contribution < 1.29 is 29.6 Å². The monoisotopic (exact) mass is 206 g/mol. The van der Waals surface area contributed by atoms with Crippen LogP contribution in [0.1, 0.15) is 6.42 Å². The third kappa shape index (κ3) is 2.10. The van der Waals surface area contributed by atoms with Gasteiger partial charge in [-0.3, -0.25) is 0 Å². The lowest BCUT2D eigenvalue weighted by atomic mass is 9.97. The van der Waals surface area contributed by atoms with Crippen LogP contribution in [0.25, 0.3) is 0 Å². The molecule has 0 unspecified atom stereocenters. The van der Waals surface area contributed by atoms with Gasteiger partial charge in [-0.15, -0.1) is 0 Å². The number of hydrogen-bond donors (Lipinski definition) is 3. The average molecular weight is 206 g/mol. The van der Waals surface area contributed by atoms with Gasteiger partial charge in [0.05, 0.1) is 6.10 Å². The summed E-state index contributed by atoms with van der Waals surface area (Å²) in [6, 6.07) is 0. The van der Waals surface area contributed by atoms with Crippen molar-refractivity contribution >= 4 is 6.29 Å². The minimum absolute atomic E-state index is 0.0508. The normalized spacial score (nSPS) is 43.6. The summed E-state index contributed by atoms with van der Waals surface area (Å²) >= 11 is 0. The Balaban J connectivity index is 2.67. The van der Waals surface area contributed by atoms with Crippen LogP contribution in [0.2, 0.25) is 0 Å². The van der Waals surface area contributed by atoms with Crippen LogP contribution in [-0.2, 0) is 14.3 Å². The number of hydrogen-bond acceptors (Lipinski definition) is 6. The summed E-state index contributed by atoms with van der Waals surface area (Å²) in [7, 11) is 1.30. The summed E-state index contributed by atoms with van der Waals surface area (Å²) in [5.41, 5.74) is 0. The van der Waals surface area contributed by atoms with Gasteiger partial charge in [0.25, 0.3) is 0 Å². The Hall–Kier alpha value is -0.530. The van der Waals surface area contributed by atoms with Gasteiger partial charge >= 0.3 is 0 Å². The van der Waals surface area contributed by atoms with Gasteiger partial charge in [0.2, 0.25) is 0 Å². The molecule has 1 rings (SSSR count). The van der Waals surface area contributed by atoms with Gasteiger partial charge in [-0.1, -0.05) is 0 Å². The zero-order valence-electron chi connectivity index (χ0n) is 7.74. The highest BCUT2D eigenvalue weighted by atomic mass is 16.7. The second-order valence-corrected chi connectivity index (χ2v) is 3.15. The molecule has 0 aliphatic carbocycles. The summed E-state index contributed by atoms with van der Waals surface area (Å²) in [4.78, 5) is 10.2. The van der Waals surface area contributed by atoms with E-state index in [4.69, 9.17) is 9.47 Å². The number of carbonyl (C=O) groups excluding carboxylic acids is 1. The first kappa shape index (κ1) is 11.5. The van der Waals surface area contributed by atoms with Crippen LogP contribution in [0, 0.1) is 0 Å². The minimum Gasteiger partial charge on any atom is -0.388 e. The Morgan fingerprint density at radius 1 is 1.29 bits per heavy atom. The highest BCUT2D eigenvalue weighted by Crippen LogP contribution is 2.22. The second kappa shape index (κ2) is 4.81. The van der Waals surface area contributed by atoms with E-state index in [9.17, 15) is 20.1 Å². The van der Waals surface area contributed by atoms with E-state index in [0.717, 1.165) is 0 Å². The lowest BCUT2D eigenvalue weighted by Crippen LogP contribution is -2.58. The van der Waals surface area contributed by atoms with Gasteiger partial charge < -0.3 is 29.6 Å². The highest BCUT2D eigenvalue weighted by Gasteiger charge is 2.43. The van der Waals surface area contributed by atoms with E-state index in [-0.39, 0.29) is 6.42 Å². The van der Waals surface area contributed by atoms with Crippen LogP contribution in [0.4, 0.5) is 0 Å². The largest absolute Gasteiger partial charge is 0.388 e. The van der Waals surface area contributed by atoms with Crippen molar-refractivity contribution in [2.24, 2.45) is 0 Å². The van der Waals surface area contributed by atoms with Crippen molar-refractivity contribution in [2.45, 2.75) is 37.1 Å². The summed E-state index contributed by atoms with van der Waals surface area (Å²) in [6.07, 6.45) is -5.28. The van der Waals surface area contributed by atoms with E-state index >= 15 is 0 Å². The zero-order valence-corrected chi connectivity index (χ0v) is 7.74. The molecule has 6 heteroatoms. The van der Waals surface area contributed by atoms with Crippen molar-refractivity contribution in [2.75, 3.05) is 7.11 Å². The van der Waals surface area contributed by atoms with Gasteiger partial charge in [0.15, 0.2) is 6.29 Å². The predicted octanol–water partition coefficient (Wildman–Crippen LogP) is -1.97. The molecule has 0 aromatic carbocycles. The van der Waals surface area contributed by atoms with Crippen LogP contribution < -0.4 is 0 Å². The first-order chi connectivity index (χ1) is 6.61. The lowest BCUT2D eigenvalue weighted by molar-refractivity contribution is -0.289. The maximum atomic E-state index is 10.2. The molecule has 1 fully saturated rings. The molecule has 3 N–H and O–H groups in total. The Bertz CT molecular complexity index is 194. The third-order valence-electron chi connectivity index (χ3n) is 2.23. The molecule has 0 aromatic rings. The van der Waals surface area contributed by atoms with E-state index in [1.54, 1.807) is 0 Å². The molecule has 0 amide bonds. The van der Waals surface area contributed by atoms with Crippen LogP contribution in [-0.4, -0.2) is 59.4 Å². The lowest BCUT2D eigenvalue weighted by Gasteiger charge is -2.39. The number of aldehydes is 1. The number of ether oxygens (including phenoxy) is 2. The topological polar surface area (TPSA) is 96.2 Å². The number of rotatable bonds is 3. The van der Waals surface area contributed by atoms with Crippen LogP contribution >= 0.6 is 0 Å². The average Bonchev–Trinajstić information content (AvgIpc) is 2.19. The van der Waals surface area contributed by atoms with E-state index in [0.29, 0.717) is 6.29 Å². The van der Waals surface area contributed by atoms with Gasteiger partial charge in [0.1, 0.15) is 24.6 Å². The van der Waals surface area contributed by atoms with E-state index in [1.807, 2.05) is 0 Å².